The van der Waals surface area contributed by atoms with Crippen molar-refractivity contribution in [1.82, 2.24) is 15.3 Å². The van der Waals surface area contributed by atoms with Crippen LogP contribution in [0.5, 0.6) is 5.75 Å². The summed E-state index contributed by atoms with van der Waals surface area (Å²) < 4.78 is 11.3. The van der Waals surface area contributed by atoms with E-state index in [1.807, 2.05) is 55.6 Å². The zero-order chi connectivity index (χ0) is 37.2. The molecule has 4 aromatic rings. The maximum atomic E-state index is 12.7. The topological polar surface area (TPSA) is 148 Å². The van der Waals surface area contributed by atoms with Crippen LogP contribution in [0, 0.1) is 23.8 Å². The number of benzene rings is 2. The SMILES string of the molecule is [C-]#[N+]c1c(N2CCCC2)nc(SCc2csc(-c3ccc(Cl)cc3)n2)c(C#N)c1-c1ccc(OCCOC(=O)[C@H](CC(C)C)NC(=O)[C@H](C)N)cc1. The van der Waals surface area contributed by atoms with Crippen molar-refractivity contribution in [1.29, 1.82) is 5.26 Å². The monoisotopic (exact) mass is 757 g/mol. The van der Waals surface area contributed by atoms with E-state index in [-0.39, 0.29) is 19.1 Å². The van der Waals surface area contributed by atoms with Crippen molar-refractivity contribution in [3.63, 3.8) is 0 Å². The molecule has 0 aliphatic carbocycles. The number of esters is 1. The first-order valence-corrected chi connectivity index (χ1v) is 19.2. The number of carbonyl (C=O) groups excluding carboxylic acids is 2. The van der Waals surface area contributed by atoms with Gasteiger partial charge in [0.05, 0.1) is 23.9 Å². The van der Waals surface area contributed by atoms with E-state index in [1.165, 1.54) is 11.8 Å². The normalized spacial score (nSPS) is 13.7. The number of pyridine rings is 1. The molecule has 0 unspecified atom stereocenters. The van der Waals surface area contributed by atoms with E-state index in [0.717, 1.165) is 42.2 Å². The number of hydrogen-bond acceptors (Lipinski definition) is 11. The van der Waals surface area contributed by atoms with Crippen LogP contribution in [0.25, 0.3) is 26.5 Å². The van der Waals surface area contributed by atoms with Crippen molar-refractivity contribution >= 4 is 58.1 Å². The molecule has 1 fully saturated rings. The fraction of sp³-hybridized carbons (Fsp3) is 0.368. The van der Waals surface area contributed by atoms with Crippen LogP contribution in [0.4, 0.5) is 11.5 Å². The molecule has 1 aliphatic heterocycles. The van der Waals surface area contributed by atoms with E-state index < -0.39 is 24.0 Å². The van der Waals surface area contributed by atoms with Crippen molar-refractivity contribution in [3.8, 4) is 33.5 Å². The predicted molar refractivity (Wildman–Crippen MR) is 206 cm³/mol. The van der Waals surface area contributed by atoms with Gasteiger partial charge in [-0.2, -0.15) is 5.26 Å². The van der Waals surface area contributed by atoms with Crippen LogP contribution in [0.1, 0.15) is 51.3 Å². The number of anilines is 1. The molecule has 1 saturated heterocycles. The summed E-state index contributed by atoms with van der Waals surface area (Å²) in [6, 6.07) is 15.5. The van der Waals surface area contributed by atoms with Crippen LogP contribution >= 0.6 is 34.7 Å². The summed E-state index contributed by atoms with van der Waals surface area (Å²) in [6.07, 6.45) is 2.43. The van der Waals surface area contributed by atoms with Gasteiger partial charge in [-0.15, -0.1) is 11.3 Å². The number of nitrogens with zero attached hydrogens (tertiary/aromatic N) is 5. The second kappa shape index (κ2) is 18.2. The second-order valence-electron chi connectivity index (χ2n) is 12.7. The van der Waals surface area contributed by atoms with Crippen molar-refractivity contribution in [2.24, 2.45) is 11.7 Å². The molecule has 0 spiro atoms. The Bertz CT molecular complexity index is 1950. The number of thioether (sulfide) groups is 1. The lowest BCUT2D eigenvalue weighted by molar-refractivity contribution is -0.149. The van der Waals surface area contributed by atoms with E-state index in [9.17, 15) is 14.9 Å². The third kappa shape index (κ3) is 9.81. The zero-order valence-electron chi connectivity index (χ0n) is 29.2. The van der Waals surface area contributed by atoms with E-state index >= 15 is 0 Å². The molecule has 0 bridgehead atoms. The summed E-state index contributed by atoms with van der Waals surface area (Å²) in [4.78, 5) is 40.6. The Balaban J connectivity index is 1.32. The Labute approximate surface area is 317 Å². The lowest BCUT2D eigenvalue weighted by Gasteiger charge is -2.22. The number of nitrogens with one attached hydrogen (secondary N) is 1. The summed E-state index contributed by atoms with van der Waals surface area (Å²) in [5.74, 6) is 0.786. The number of rotatable bonds is 15. The minimum atomic E-state index is -0.800. The van der Waals surface area contributed by atoms with E-state index in [0.29, 0.717) is 56.2 Å². The van der Waals surface area contributed by atoms with Gasteiger partial charge in [0.2, 0.25) is 11.6 Å². The van der Waals surface area contributed by atoms with Gasteiger partial charge in [-0.1, -0.05) is 61.5 Å². The summed E-state index contributed by atoms with van der Waals surface area (Å²) in [5, 5.41) is 17.2. The van der Waals surface area contributed by atoms with E-state index in [1.54, 1.807) is 30.4 Å². The van der Waals surface area contributed by atoms with Crippen LogP contribution in [0.3, 0.4) is 0 Å². The number of hydrogen-bond donors (Lipinski definition) is 2. The van der Waals surface area contributed by atoms with Gasteiger partial charge in [0, 0.05) is 40.4 Å². The third-order valence-corrected chi connectivity index (χ3v) is 10.4. The van der Waals surface area contributed by atoms with E-state index in [2.05, 4.69) is 21.1 Å². The maximum Gasteiger partial charge on any atom is 0.328 e. The van der Waals surface area contributed by atoms with Gasteiger partial charge in [-0.3, -0.25) is 4.79 Å². The number of halogens is 1. The molecular formula is C38H40ClN7O4S2. The van der Waals surface area contributed by atoms with E-state index in [4.69, 9.17) is 43.3 Å². The van der Waals surface area contributed by atoms with Gasteiger partial charge in [-0.25, -0.2) is 19.6 Å². The van der Waals surface area contributed by atoms with Crippen LogP contribution in [-0.2, 0) is 20.1 Å². The highest BCUT2D eigenvalue weighted by molar-refractivity contribution is 7.98. The predicted octanol–water partition coefficient (Wildman–Crippen LogP) is 7.64. The van der Waals surface area contributed by atoms with Gasteiger partial charge in [0.1, 0.15) is 46.9 Å². The number of thiazole rings is 1. The number of aromatic nitrogens is 2. The van der Waals surface area contributed by atoms with Gasteiger partial charge in [-0.05, 0) is 61.9 Å². The molecule has 3 heterocycles. The summed E-state index contributed by atoms with van der Waals surface area (Å²) in [5.41, 5.74) is 9.39. The first-order valence-electron chi connectivity index (χ1n) is 17.0. The van der Waals surface area contributed by atoms with Gasteiger partial charge >= 0.3 is 5.97 Å². The Morgan fingerprint density at radius 3 is 2.42 bits per heavy atom. The largest absolute Gasteiger partial charge is 0.490 e. The first-order chi connectivity index (χ1) is 25.1. The third-order valence-electron chi connectivity index (χ3n) is 8.21. The number of nitrogens with two attached hydrogens (primary N) is 1. The second-order valence-corrected chi connectivity index (χ2v) is 15.0. The Kier molecular flexibility index (Phi) is 13.5. The van der Waals surface area contributed by atoms with Crippen molar-refractivity contribution < 1.29 is 19.1 Å². The molecule has 2 aromatic heterocycles. The molecule has 1 aliphatic rings. The lowest BCUT2D eigenvalue weighted by Crippen LogP contribution is -2.48. The molecule has 1 amide bonds. The molecule has 3 N–H and O–H groups in total. The molecule has 2 atom stereocenters. The van der Waals surface area contributed by atoms with Gasteiger partial charge in [0.15, 0.2) is 0 Å². The summed E-state index contributed by atoms with van der Waals surface area (Å²) >= 11 is 9.03. The molecular weight excluding hydrogens is 718 g/mol. The molecule has 52 heavy (non-hydrogen) atoms. The Hall–Kier alpha value is -4.66. The van der Waals surface area contributed by atoms with Crippen LogP contribution in [0.2, 0.25) is 5.02 Å². The highest BCUT2D eigenvalue weighted by atomic mass is 35.5. The highest BCUT2D eigenvalue weighted by Crippen LogP contribution is 2.45. The maximum absolute atomic E-state index is 12.7. The molecule has 11 nitrogen and oxygen atoms in total. The molecule has 2 aromatic carbocycles. The lowest BCUT2D eigenvalue weighted by atomic mass is 9.99. The fourth-order valence-corrected chi connectivity index (χ4v) is 7.57. The van der Waals surface area contributed by atoms with Crippen LogP contribution < -0.4 is 20.7 Å². The molecule has 0 saturated carbocycles. The number of amides is 1. The summed E-state index contributed by atoms with van der Waals surface area (Å²) in [6.45, 7) is 15.3. The average Bonchev–Trinajstić information content (AvgIpc) is 3.85. The average molecular weight is 758 g/mol. The quantitative estimate of drug-likeness (QED) is 0.0537. The van der Waals surface area contributed by atoms with Crippen molar-refractivity contribution in [2.75, 3.05) is 31.2 Å². The smallest absolute Gasteiger partial charge is 0.328 e. The Morgan fingerprint density at radius 2 is 1.79 bits per heavy atom. The molecule has 14 heteroatoms. The molecule has 270 valence electrons. The summed E-state index contributed by atoms with van der Waals surface area (Å²) in [7, 11) is 0. The number of nitriles is 1. The fourth-order valence-electron chi connectivity index (χ4n) is 5.64. The number of ether oxygens (including phenoxy) is 2. The first kappa shape index (κ1) is 38.6. The minimum Gasteiger partial charge on any atom is -0.490 e. The van der Waals surface area contributed by atoms with Crippen molar-refractivity contribution in [3.05, 3.63) is 81.6 Å². The zero-order valence-corrected chi connectivity index (χ0v) is 31.6. The number of carbonyl (C=O) groups is 2. The minimum absolute atomic E-state index is 0.0198. The van der Waals surface area contributed by atoms with Crippen LogP contribution in [0.15, 0.2) is 58.9 Å². The molecule has 0 radical (unpaired) electrons. The Morgan fingerprint density at radius 1 is 1.10 bits per heavy atom. The van der Waals surface area contributed by atoms with Gasteiger partial charge < -0.3 is 25.4 Å². The van der Waals surface area contributed by atoms with Crippen LogP contribution in [-0.4, -0.2) is 60.2 Å². The standard InChI is InChI=1S/C38H40ClN7O4S2/c1-23(2)19-31(44-35(47)24(3)41)38(48)50-18-17-49-29-13-9-25(10-14-29)32-30(20-40)37(45-34(33(32)42-4)46-15-5-6-16-46)52-22-28-21-51-36(43-28)26-7-11-27(39)12-8-26/h7-14,21,23-24,31H,5-6,15-19,22,41H2,1-3H3,(H,44,47)/t24-,31-/m0/s1. The van der Waals surface area contributed by atoms with Crippen molar-refractivity contribution in [2.45, 2.75) is 62.9 Å². The van der Waals surface area contributed by atoms with Gasteiger partial charge in [0.25, 0.3) is 0 Å². The molecule has 5 rings (SSSR count). The highest BCUT2D eigenvalue weighted by Gasteiger charge is 2.27.